The van der Waals surface area contributed by atoms with Gasteiger partial charge in [-0.05, 0) is 61.0 Å². The number of rotatable bonds is 13. The van der Waals surface area contributed by atoms with E-state index in [-0.39, 0.29) is 5.82 Å². The minimum absolute atomic E-state index is 0.214. The van der Waals surface area contributed by atoms with E-state index in [9.17, 15) is 15.2 Å². The Morgan fingerprint density at radius 1 is 0.947 bits per heavy atom. The Balaban J connectivity index is 1.30. The first-order valence-corrected chi connectivity index (χ1v) is 12.1. The van der Waals surface area contributed by atoms with Gasteiger partial charge in [-0.15, -0.1) is 0 Å². The minimum Gasteiger partial charge on any atom is -0.457 e. The fourth-order valence-corrected chi connectivity index (χ4v) is 3.69. The predicted octanol–water partition coefficient (Wildman–Crippen LogP) is 5.34. The molecule has 9 nitrogen and oxygen atoms in total. The summed E-state index contributed by atoms with van der Waals surface area (Å²) in [5.41, 5.74) is 3.21. The Labute approximate surface area is 221 Å². The molecule has 0 radical (unpaired) electrons. The van der Waals surface area contributed by atoms with Gasteiger partial charge in [-0.25, -0.2) is 0 Å². The van der Waals surface area contributed by atoms with Gasteiger partial charge in [0, 0.05) is 41.9 Å². The van der Waals surface area contributed by atoms with Crippen LogP contribution < -0.4 is 20.7 Å². The maximum absolute atomic E-state index is 11.2. The van der Waals surface area contributed by atoms with Crippen LogP contribution in [-0.2, 0) is 6.42 Å². The van der Waals surface area contributed by atoms with Gasteiger partial charge in [-0.3, -0.25) is 15.1 Å². The summed E-state index contributed by atoms with van der Waals surface area (Å²) >= 11 is 0. The number of anilines is 2. The highest BCUT2D eigenvalue weighted by molar-refractivity contribution is 5.58. The number of aliphatic hydroxyl groups is 1. The molecule has 194 valence electrons. The average Bonchev–Trinajstić information content (AvgIpc) is 2.93. The number of hydrogen-bond donors (Lipinski definition) is 4. The number of hydrogen-bond acceptors (Lipinski definition) is 8. The van der Waals surface area contributed by atoms with Gasteiger partial charge in [0.25, 0.3) is 6.20 Å². The van der Waals surface area contributed by atoms with Crippen LogP contribution in [0.3, 0.4) is 0 Å². The Bertz CT molecular complexity index is 1330. The van der Waals surface area contributed by atoms with Gasteiger partial charge in [0.15, 0.2) is 5.82 Å². The van der Waals surface area contributed by atoms with Crippen LogP contribution in [0.2, 0.25) is 0 Å². The first kappa shape index (κ1) is 26.3. The summed E-state index contributed by atoms with van der Waals surface area (Å²) in [5, 5.41) is 30.8. The number of nitrogens with one attached hydrogen (secondary N) is 3. The normalized spacial score (nSPS) is 12.0. The first-order chi connectivity index (χ1) is 18.5. The van der Waals surface area contributed by atoms with Crippen LogP contribution in [0.4, 0.5) is 11.4 Å². The third-order valence-corrected chi connectivity index (χ3v) is 5.56. The number of aromatic nitrogens is 1. The zero-order valence-corrected chi connectivity index (χ0v) is 20.7. The average molecular weight is 512 g/mol. The van der Waals surface area contributed by atoms with Crippen molar-refractivity contribution in [1.29, 1.82) is 0 Å². The third kappa shape index (κ3) is 8.44. The Morgan fingerprint density at radius 3 is 2.45 bits per heavy atom. The molecule has 0 amide bonds. The lowest BCUT2D eigenvalue weighted by Gasteiger charge is -2.14. The lowest BCUT2D eigenvalue weighted by molar-refractivity contribution is -0.403. The van der Waals surface area contributed by atoms with Gasteiger partial charge in [-0.1, -0.05) is 42.5 Å². The number of nitro groups is 1. The van der Waals surface area contributed by atoms with Crippen molar-refractivity contribution in [1.82, 2.24) is 10.3 Å². The summed E-state index contributed by atoms with van der Waals surface area (Å²) < 4.78 is 5.85. The molecule has 4 N–H and O–H groups in total. The zero-order chi connectivity index (χ0) is 26.6. The number of para-hydroxylation sites is 1. The van der Waals surface area contributed by atoms with Crippen LogP contribution in [0.15, 0.2) is 115 Å². The molecular weight excluding hydrogens is 482 g/mol. The second-order valence-corrected chi connectivity index (χ2v) is 8.47. The summed E-state index contributed by atoms with van der Waals surface area (Å²) in [4.78, 5) is 14.7. The van der Waals surface area contributed by atoms with Crippen LogP contribution in [0, 0.1) is 10.1 Å². The maximum atomic E-state index is 11.2. The highest BCUT2D eigenvalue weighted by Crippen LogP contribution is 2.25. The summed E-state index contributed by atoms with van der Waals surface area (Å²) in [5.74, 6) is 1.52. The monoisotopic (exact) mass is 511 g/mol. The molecule has 0 unspecified atom stereocenters. The second kappa shape index (κ2) is 13.5. The van der Waals surface area contributed by atoms with E-state index < -0.39 is 11.0 Å². The van der Waals surface area contributed by atoms with Gasteiger partial charge in [0.05, 0.1) is 11.0 Å². The first-order valence-electron chi connectivity index (χ1n) is 12.1. The SMILES string of the molecule is O=[N+]([O-])/C=C(\Nc1ccc(CCNC[C@H](O)c2cccnc2)cc1)Nc1cccc(Oc2ccccc2)c1. The van der Waals surface area contributed by atoms with Gasteiger partial charge in [0.1, 0.15) is 11.5 Å². The van der Waals surface area contributed by atoms with E-state index in [1.165, 1.54) is 0 Å². The standard InChI is InChI=1S/C29H29N5O4/c35-28(23-6-5-16-30-19-23)20-31-17-15-22-11-13-24(14-12-22)32-29(21-34(36)37)33-25-7-4-10-27(18-25)38-26-8-2-1-3-9-26/h1-14,16,18-19,21,28,31-33,35H,15,17,20H2/b29-21+/t28-/m0/s1. The molecule has 9 heteroatoms. The molecule has 0 spiro atoms. The zero-order valence-electron chi connectivity index (χ0n) is 20.7. The number of benzene rings is 3. The number of aliphatic hydroxyl groups excluding tert-OH is 1. The Hall–Kier alpha value is -4.73. The van der Waals surface area contributed by atoms with Crippen molar-refractivity contribution in [3.63, 3.8) is 0 Å². The van der Waals surface area contributed by atoms with Crippen molar-refractivity contribution >= 4 is 11.4 Å². The molecule has 1 atom stereocenters. The molecule has 1 aromatic heterocycles. The van der Waals surface area contributed by atoms with Crippen molar-refractivity contribution in [2.24, 2.45) is 0 Å². The number of pyridine rings is 1. The van der Waals surface area contributed by atoms with Crippen molar-refractivity contribution in [2.75, 3.05) is 23.7 Å². The Morgan fingerprint density at radius 2 is 1.71 bits per heavy atom. The highest BCUT2D eigenvalue weighted by atomic mass is 16.6. The smallest absolute Gasteiger partial charge is 0.274 e. The predicted molar refractivity (Wildman–Crippen MR) is 147 cm³/mol. The molecule has 0 fully saturated rings. The van der Waals surface area contributed by atoms with E-state index in [1.54, 1.807) is 30.6 Å². The molecule has 0 saturated carbocycles. The highest BCUT2D eigenvalue weighted by Gasteiger charge is 2.08. The molecule has 3 aromatic carbocycles. The summed E-state index contributed by atoms with van der Waals surface area (Å²) in [7, 11) is 0. The van der Waals surface area contributed by atoms with E-state index in [0.29, 0.717) is 36.0 Å². The maximum Gasteiger partial charge on any atom is 0.274 e. The van der Waals surface area contributed by atoms with E-state index in [2.05, 4.69) is 20.9 Å². The summed E-state index contributed by atoms with van der Waals surface area (Å²) in [6.07, 6.45) is 4.37. The van der Waals surface area contributed by atoms with E-state index >= 15 is 0 Å². The van der Waals surface area contributed by atoms with Crippen LogP contribution in [0.5, 0.6) is 11.5 Å². The summed E-state index contributed by atoms with van der Waals surface area (Å²) in [6.45, 7) is 1.13. The van der Waals surface area contributed by atoms with Crippen molar-refractivity contribution in [3.8, 4) is 11.5 Å². The van der Waals surface area contributed by atoms with Crippen molar-refractivity contribution < 1.29 is 14.8 Å². The molecule has 0 aliphatic carbocycles. The van der Waals surface area contributed by atoms with Crippen molar-refractivity contribution in [3.05, 3.63) is 137 Å². The van der Waals surface area contributed by atoms with Gasteiger partial charge < -0.3 is 25.8 Å². The molecule has 4 aromatic rings. The lowest BCUT2D eigenvalue weighted by atomic mass is 10.1. The molecule has 4 rings (SSSR count). The third-order valence-electron chi connectivity index (χ3n) is 5.56. The molecular formula is C29H29N5O4. The van der Waals surface area contributed by atoms with Crippen LogP contribution in [0.25, 0.3) is 0 Å². The fraction of sp³-hybridized carbons (Fsp3) is 0.138. The second-order valence-electron chi connectivity index (χ2n) is 8.47. The van der Waals surface area contributed by atoms with Crippen LogP contribution in [0.1, 0.15) is 17.2 Å². The Kier molecular flexibility index (Phi) is 9.39. The van der Waals surface area contributed by atoms with E-state index in [1.807, 2.05) is 72.8 Å². The largest absolute Gasteiger partial charge is 0.457 e. The fourth-order valence-electron chi connectivity index (χ4n) is 3.69. The molecule has 0 saturated heterocycles. The van der Waals surface area contributed by atoms with Crippen LogP contribution >= 0.6 is 0 Å². The molecule has 0 bridgehead atoms. The van der Waals surface area contributed by atoms with Gasteiger partial charge in [0.2, 0.25) is 0 Å². The topological polar surface area (TPSA) is 122 Å². The van der Waals surface area contributed by atoms with Crippen molar-refractivity contribution in [2.45, 2.75) is 12.5 Å². The lowest BCUT2D eigenvalue weighted by Crippen LogP contribution is -2.23. The quantitative estimate of drug-likeness (QED) is 0.108. The molecule has 1 heterocycles. The minimum atomic E-state index is -0.611. The summed E-state index contributed by atoms with van der Waals surface area (Å²) in [6, 6.07) is 27.9. The van der Waals surface area contributed by atoms with Gasteiger partial charge >= 0.3 is 0 Å². The number of nitrogens with zero attached hydrogens (tertiary/aromatic N) is 2. The number of ether oxygens (including phenoxy) is 1. The van der Waals surface area contributed by atoms with Crippen LogP contribution in [-0.4, -0.2) is 28.1 Å². The van der Waals surface area contributed by atoms with E-state index in [4.69, 9.17) is 4.74 Å². The molecule has 0 aliphatic rings. The molecule has 0 aliphatic heterocycles. The van der Waals surface area contributed by atoms with Gasteiger partial charge in [-0.2, -0.15) is 0 Å². The molecule has 38 heavy (non-hydrogen) atoms. The van der Waals surface area contributed by atoms with E-state index in [0.717, 1.165) is 23.7 Å².